The molecule has 116 valence electrons. The van der Waals surface area contributed by atoms with Crippen molar-refractivity contribution in [2.45, 2.75) is 13.0 Å². The summed E-state index contributed by atoms with van der Waals surface area (Å²) in [6.07, 6.45) is 0. The Morgan fingerprint density at radius 3 is 2.68 bits per heavy atom. The van der Waals surface area contributed by atoms with Crippen LogP contribution in [-0.4, -0.2) is 35.9 Å². The third-order valence-electron chi connectivity index (χ3n) is 3.25. The van der Waals surface area contributed by atoms with Crippen molar-refractivity contribution in [3.8, 4) is 11.3 Å². The van der Waals surface area contributed by atoms with Crippen LogP contribution in [0, 0.1) is 0 Å². The molecule has 1 amide bonds. The number of carbonyl (C=O) groups excluding carboxylic acids is 1. The number of nitrogens with zero attached hydrogens (tertiary/aromatic N) is 2. The van der Waals surface area contributed by atoms with Crippen LogP contribution < -0.4 is 10.9 Å². The first-order chi connectivity index (χ1) is 10.6. The topological polar surface area (TPSA) is 73.2 Å². The molecule has 1 heterocycles. The molecule has 1 N–H and O–H groups in total. The van der Waals surface area contributed by atoms with Crippen molar-refractivity contribution in [1.82, 2.24) is 15.1 Å². The zero-order valence-electron chi connectivity index (χ0n) is 12.7. The second kappa shape index (κ2) is 7.51. The molecule has 2 rings (SSSR count). The van der Waals surface area contributed by atoms with Gasteiger partial charge in [-0.05, 0) is 13.0 Å². The van der Waals surface area contributed by atoms with Crippen LogP contribution in [0.15, 0.2) is 47.3 Å². The highest BCUT2D eigenvalue weighted by molar-refractivity contribution is 5.79. The first-order valence-corrected chi connectivity index (χ1v) is 7.05. The van der Waals surface area contributed by atoms with E-state index in [9.17, 15) is 9.59 Å². The van der Waals surface area contributed by atoms with Crippen LogP contribution in [0.3, 0.4) is 0 Å². The molecule has 6 heteroatoms. The Balaban J connectivity index is 2.23. The van der Waals surface area contributed by atoms with E-state index in [1.165, 1.54) is 10.7 Å². The lowest BCUT2D eigenvalue weighted by Crippen LogP contribution is -2.38. The summed E-state index contributed by atoms with van der Waals surface area (Å²) in [4.78, 5) is 24.0. The van der Waals surface area contributed by atoms with Crippen molar-refractivity contribution >= 4 is 5.91 Å². The molecule has 0 aliphatic carbocycles. The van der Waals surface area contributed by atoms with Gasteiger partial charge in [0.15, 0.2) is 0 Å². The van der Waals surface area contributed by atoms with Crippen molar-refractivity contribution in [3.63, 3.8) is 0 Å². The SMILES string of the molecule is COCCNC(=O)C(C)n1nc(-c2ccccc2)ccc1=O. The molecule has 0 aliphatic heterocycles. The lowest BCUT2D eigenvalue weighted by atomic mass is 10.1. The Morgan fingerprint density at radius 2 is 2.00 bits per heavy atom. The van der Waals surface area contributed by atoms with Crippen LogP contribution in [0.2, 0.25) is 0 Å². The summed E-state index contributed by atoms with van der Waals surface area (Å²) in [7, 11) is 1.56. The second-order valence-corrected chi connectivity index (χ2v) is 4.83. The summed E-state index contributed by atoms with van der Waals surface area (Å²) < 4.78 is 6.08. The van der Waals surface area contributed by atoms with Crippen molar-refractivity contribution in [2.24, 2.45) is 0 Å². The van der Waals surface area contributed by atoms with Crippen LogP contribution >= 0.6 is 0 Å². The Bertz CT molecular complexity index is 683. The number of hydrogen-bond donors (Lipinski definition) is 1. The molecule has 0 saturated carbocycles. The minimum Gasteiger partial charge on any atom is -0.383 e. The molecule has 2 aromatic rings. The molecule has 0 radical (unpaired) electrons. The van der Waals surface area contributed by atoms with E-state index in [1.807, 2.05) is 30.3 Å². The Kier molecular flexibility index (Phi) is 5.43. The third kappa shape index (κ3) is 3.79. The molecule has 6 nitrogen and oxygen atoms in total. The number of benzene rings is 1. The van der Waals surface area contributed by atoms with Gasteiger partial charge in [0.05, 0.1) is 12.3 Å². The molecular formula is C16H19N3O3. The van der Waals surface area contributed by atoms with Gasteiger partial charge in [-0.2, -0.15) is 5.10 Å². The van der Waals surface area contributed by atoms with Gasteiger partial charge in [0.25, 0.3) is 5.56 Å². The van der Waals surface area contributed by atoms with Gasteiger partial charge in [-0.25, -0.2) is 4.68 Å². The summed E-state index contributed by atoms with van der Waals surface area (Å²) in [5.74, 6) is -0.267. The standard InChI is InChI=1S/C16H19N3O3/c1-12(16(21)17-10-11-22-2)19-15(20)9-8-14(18-19)13-6-4-3-5-7-13/h3-9,12H,10-11H2,1-2H3,(H,17,21). The van der Waals surface area contributed by atoms with Gasteiger partial charge >= 0.3 is 0 Å². The summed E-state index contributed by atoms with van der Waals surface area (Å²) in [6, 6.07) is 11.9. The van der Waals surface area contributed by atoms with Gasteiger partial charge in [-0.1, -0.05) is 30.3 Å². The summed E-state index contributed by atoms with van der Waals surface area (Å²) in [5.41, 5.74) is 1.23. The number of carbonyl (C=O) groups is 1. The monoisotopic (exact) mass is 301 g/mol. The molecule has 0 bridgehead atoms. The molecule has 1 atom stereocenters. The van der Waals surface area contributed by atoms with E-state index in [0.717, 1.165) is 5.56 Å². The molecule has 1 unspecified atom stereocenters. The number of amides is 1. The Hall–Kier alpha value is -2.47. The first kappa shape index (κ1) is 15.9. The zero-order chi connectivity index (χ0) is 15.9. The highest BCUT2D eigenvalue weighted by Crippen LogP contribution is 2.15. The molecule has 1 aromatic heterocycles. The van der Waals surface area contributed by atoms with Crippen molar-refractivity contribution < 1.29 is 9.53 Å². The maximum Gasteiger partial charge on any atom is 0.267 e. The average molecular weight is 301 g/mol. The zero-order valence-corrected chi connectivity index (χ0v) is 12.7. The van der Waals surface area contributed by atoms with E-state index < -0.39 is 6.04 Å². The van der Waals surface area contributed by atoms with Crippen molar-refractivity contribution in [3.05, 3.63) is 52.8 Å². The predicted molar refractivity (Wildman–Crippen MR) is 83.5 cm³/mol. The number of rotatable bonds is 6. The molecular weight excluding hydrogens is 282 g/mol. The summed E-state index contributed by atoms with van der Waals surface area (Å²) in [5, 5.41) is 7.01. The van der Waals surface area contributed by atoms with E-state index in [2.05, 4.69) is 10.4 Å². The highest BCUT2D eigenvalue weighted by Gasteiger charge is 2.17. The van der Waals surface area contributed by atoms with Gasteiger partial charge in [0.1, 0.15) is 6.04 Å². The van der Waals surface area contributed by atoms with Gasteiger partial charge in [0.2, 0.25) is 5.91 Å². The van der Waals surface area contributed by atoms with Crippen LogP contribution in [0.1, 0.15) is 13.0 Å². The minimum absolute atomic E-state index is 0.267. The normalized spacial score (nSPS) is 11.9. The molecule has 1 aromatic carbocycles. The van der Waals surface area contributed by atoms with Gasteiger partial charge < -0.3 is 10.1 Å². The van der Waals surface area contributed by atoms with E-state index in [1.54, 1.807) is 20.1 Å². The maximum absolute atomic E-state index is 12.1. The quantitative estimate of drug-likeness (QED) is 0.815. The van der Waals surface area contributed by atoms with E-state index in [-0.39, 0.29) is 11.5 Å². The lowest BCUT2D eigenvalue weighted by molar-refractivity contribution is -0.124. The van der Waals surface area contributed by atoms with E-state index in [4.69, 9.17) is 4.74 Å². The number of hydrogen-bond acceptors (Lipinski definition) is 4. The average Bonchev–Trinajstić information content (AvgIpc) is 2.55. The van der Waals surface area contributed by atoms with Gasteiger partial charge in [0, 0.05) is 25.3 Å². The Labute approximate surface area is 128 Å². The lowest BCUT2D eigenvalue weighted by Gasteiger charge is -2.14. The molecule has 22 heavy (non-hydrogen) atoms. The van der Waals surface area contributed by atoms with Crippen LogP contribution in [0.4, 0.5) is 0 Å². The van der Waals surface area contributed by atoms with Crippen molar-refractivity contribution in [1.29, 1.82) is 0 Å². The summed E-state index contributed by atoms with van der Waals surface area (Å²) >= 11 is 0. The Morgan fingerprint density at radius 1 is 1.27 bits per heavy atom. The molecule has 0 aliphatic rings. The van der Waals surface area contributed by atoms with Crippen LogP contribution in [0.25, 0.3) is 11.3 Å². The summed E-state index contributed by atoms with van der Waals surface area (Å²) in [6.45, 7) is 2.46. The fourth-order valence-electron chi connectivity index (χ4n) is 2.00. The number of nitrogens with one attached hydrogen (secondary N) is 1. The van der Waals surface area contributed by atoms with E-state index in [0.29, 0.717) is 18.8 Å². The fourth-order valence-corrected chi connectivity index (χ4v) is 2.00. The van der Waals surface area contributed by atoms with E-state index >= 15 is 0 Å². The number of ether oxygens (including phenoxy) is 1. The number of aromatic nitrogens is 2. The maximum atomic E-state index is 12.1. The number of methoxy groups -OCH3 is 1. The van der Waals surface area contributed by atoms with Gasteiger partial charge in [-0.15, -0.1) is 0 Å². The minimum atomic E-state index is -0.687. The van der Waals surface area contributed by atoms with Crippen LogP contribution in [-0.2, 0) is 9.53 Å². The fraction of sp³-hybridized carbons (Fsp3) is 0.312. The predicted octanol–water partition coefficient (Wildman–Crippen LogP) is 1.23. The molecule has 0 fully saturated rings. The van der Waals surface area contributed by atoms with Crippen molar-refractivity contribution in [2.75, 3.05) is 20.3 Å². The second-order valence-electron chi connectivity index (χ2n) is 4.83. The smallest absolute Gasteiger partial charge is 0.267 e. The third-order valence-corrected chi connectivity index (χ3v) is 3.25. The molecule has 0 spiro atoms. The largest absolute Gasteiger partial charge is 0.383 e. The van der Waals surface area contributed by atoms with Gasteiger partial charge in [-0.3, -0.25) is 9.59 Å². The molecule has 0 saturated heterocycles. The van der Waals surface area contributed by atoms with Crippen LogP contribution in [0.5, 0.6) is 0 Å². The highest BCUT2D eigenvalue weighted by atomic mass is 16.5. The first-order valence-electron chi connectivity index (χ1n) is 7.05.